The van der Waals surface area contributed by atoms with Gasteiger partial charge >= 0.3 is 0 Å². The van der Waals surface area contributed by atoms with E-state index in [1.807, 2.05) is 0 Å². The predicted molar refractivity (Wildman–Crippen MR) is 110 cm³/mol. The van der Waals surface area contributed by atoms with E-state index in [1.165, 1.54) is 43.4 Å². The summed E-state index contributed by atoms with van der Waals surface area (Å²) in [7, 11) is -6.70. The van der Waals surface area contributed by atoms with Crippen LogP contribution in [0, 0.1) is 6.92 Å². The molecule has 0 aliphatic carbocycles. The summed E-state index contributed by atoms with van der Waals surface area (Å²) in [5.41, 5.74) is -1.56. The summed E-state index contributed by atoms with van der Waals surface area (Å²) in [5, 5.41) is 11.6. The van der Waals surface area contributed by atoms with Crippen LogP contribution in [0.4, 0.5) is 0 Å². The lowest BCUT2D eigenvalue weighted by Gasteiger charge is -2.31. The van der Waals surface area contributed by atoms with Gasteiger partial charge in [-0.1, -0.05) is 29.3 Å². The van der Waals surface area contributed by atoms with Gasteiger partial charge in [-0.15, -0.1) is 0 Å². The van der Waals surface area contributed by atoms with Crippen molar-refractivity contribution in [3.05, 3.63) is 57.8 Å². The molecule has 1 aromatic heterocycles. The van der Waals surface area contributed by atoms with Gasteiger partial charge in [0.2, 0.25) is 10.0 Å². The summed E-state index contributed by atoms with van der Waals surface area (Å²) in [6, 6.07) is 8.54. The van der Waals surface area contributed by atoms with E-state index in [0.29, 0.717) is 10.6 Å². The van der Waals surface area contributed by atoms with E-state index in [1.54, 1.807) is 6.92 Å². The molecule has 0 saturated carbocycles. The van der Waals surface area contributed by atoms with Crippen LogP contribution in [0.1, 0.15) is 11.3 Å². The molecule has 0 aliphatic heterocycles. The van der Waals surface area contributed by atoms with Crippen molar-refractivity contribution in [2.75, 3.05) is 26.5 Å². The average Bonchev–Trinajstić information content (AvgIpc) is 2.61. The first kappa shape index (κ1) is 24.0. The maximum Gasteiger partial charge on any atom is 0.264 e. The number of hydrogen-bond donors (Lipinski definition) is 1. The molecule has 1 heterocycles. The van der Waals surface area contributed by atoms with E-state index in [9.17, 15) is 21.9 Å². The van der Waals surface area contributed by atoms with E-state index in [4.69, 9.17) is 27.4 Å². The Kier molecular flexibility index (Phi) is 7.32. The van der Waals surface area contributed by atoms with E-state index in [2.05, 4.69) is 4.98 Å². The number of benzene rings is 1. The SMILES string of the molecule is Cc1cc(S(=O)(=O)N(C)CC(O)(COS(C)(=O)=O)c2cccc(Cl)n2)ccc1Cl. The number of aryl methyl sites for hydroxylation is 1. The summed E-state index contributed by atoms with van der Waals surface area (Å²) in [6.07, 6.45) is 0.815. The van der Waals surface area contributed by atoms with Crippen LogP contribution >= 0.6 is 23.2 Å². The Bertz CT molecular complexity index is 1110. The maximum absolute atomic E-state index is 12.9. The normalized spacial score (nSPS) is 14.7. The zero-order valence-corrected chi connectivity index (χ0v) is 19.0. The molecule has 160 valence electrons. The van der Waals surface area contributed by atoms with Crippen molar-refractivity contribution in [3.63, 3.8) is 0 Å². The Morgan fingerprint density at radius 2 is 1.83 bits per heavy atom. The highest BCUT2D eigenvalue weighted by Gasteiger charge is 2.38. The van der Waals surface area contributed by atoms with E-state index >= 15 is 0 Å². The van der Waals surface area contributed by atoms with Crippen molar-refractivity contribution in [2.24, 2.45) is 0 Å². The Balaban J connectivity index is 2.42. The summed E-state index contributed by atoms with van der Waals surface area (Å²) in [5.74, 6) is 0. The van der Waals surface area contributed by atoms with Crippen molar-refractivity contribution in [3.8, 4) is 0 Å². The number of pyridine rings is 1. The fourth-order valence-electron chi connectivity index (χ4n) is 2.48. The van der Waals surface area contributed by atoms with Crippen molar-refractivity contribution < 1.29 is 26.1 Å². The largest absolute Gasteiger partial charge is 0.380 e. The lowest BCUT2D eigenvalue weighted by molar-refractivity contribution is -0.0214. The van der Waals surface area contributed by atoms with Gasteiger partial charge in [0, 0.05) is 12.1 Å². The van der Waals surface area contributed by atoms with Gasteiger partial charge in [-0.05, 0) is 42.8 Å². The van der Waals surface area contributed by atoms with Gasteiger partial charge in [0.15, 0.2) is 0 Å². The van der Waals surface area contributed by atoms with Crippen molar-refractivity contribution in [1.29, 1.82) is 0 Å². The first-order valence-corrected chi connectivity index (χ1v) is 12.2. The zero-order valence-electron chi connectivity index (χ0n) is 15.8. The Labute approximate surface area is 180 Å². The smallest absolute Gasteiger partial charge is 0.264 e. The molecule has 12 heteroatoms. The van der Waals surface area contributed by atoms with Crippen LogP contribution in [-0.2, 0) is 29.9 Å². The molecule has 1 N–H and O–H groups in total. The number of halogens is 2. The molecule has 1 unspecified atom stereocenters. The fourth-order valence-corrected chi connectivity index (χ4v) is 4.48. The van der Waals surface area contributed by atoms with E-state index in [0.717, 1.165) is 10.6 Å². The highest BCUT2D eigenvalue weighted by atomic mass is 35.5. The van der Waals surface area contributed by atoms with Crippen LogP contribution in [0.15, 0.2) is 41.3 Å². The molecule has 0 amide bonds. The van der Waals surface area contributed by atoms with Gasteiger partial charge in [-0.25, -0.2) is 13.4 Å². The van der Waals surface area contributed by atoms with Crippen LogP contribution in [0.3, 0.4) is 0 Å². The molecule has 2 rings (SSSR count). The Morgan fingerprint density at radius 1 is 1.17 bits per heavy atom. The van der Waals surface area contributed by atoms with Crippen molar-refractivity contribution >= 4 is 43.3 Å². The van der Waals surface area contributed by atoms with Crippen LogP contribution in [0.5, 0.6) is 0 Å². The number of rotatable bonds is 8. The summed E-state index contributed by atoms with van der Waals surface area (Å²) >= 11 is 11.8. The fraction of sp³-hybridized carbons (Fsp3) is 0.353. The highest BCUT2D eigenvalue weighted by molar-refractivity contribution is 7.89. The number of hydrogen-bond acceptors (Lipinski definition) is 7. The Morgan fingerprint density at radius 3 is 2.38 bits per heavy atom. The van der Waals surface area contributed by atoms with Crippen LogP contribution in [0.25, 0.3) is 0 Å². The summed E-state index contributed by atoms with van der Waals surface area (Å²) in [6.45, 7) is 0.367. The standard InChI is InChI=1S/C17H20Cl2N2O6S2/c1-12-9-13(7-8-14(12)18)29(25,26)21(2)10-17(22,11-27-28(3,23)24)15-5-4-6-16(19)20-15/h4-9,22H,10-11H2,1-3H3. The molecule has 0 saturated heterocycles. The highest BCUT2D eigenvalue weighted by Crippen LogP contribution is 2.27. The number of likely N-dealkylation sites (N-methyl/N-ethyl adjacent to an activating group) is 1. The monoisotopic (exact) mass is 482 g/mol. The van der Waals surface area contributed by atoms with E-state index < -0.39 is 38.9 Å². The minimum atomic E-state index is -4.03. The first-order chi connectivity index (χ1) is 13.2. The molecule has 29 heavy (non-hydrogen) atoms. The molecular weight excluding hydrogens is 463 g/mol. The third-order valence-electron chi connectivity index (χ3n) is 4.03. The maximum atomic E-state index is 12.9. The molecule has 1 aromatic carbocycles. The second kappa shape index (κ2) is 8.84. The zero-order chi connectivity index (χ0) is 22.0. The first-order valence-electron chi connectivity index (χ1n) is 8.17. The second-order valence-corrected chi connectivity index (χ2v) is 11.0. The number of aliphatic hydroxyl groups is 1. The molecule has 1 atom stereocenters. The molecule has 0 spiro atoms. The molecule has 0 radical (unpaired) electrons. The Hall–Kier alpha value is -1.27. The molecule has 8 nitrogen and oxygen atoms in total. The van der Waals surface area contributed by atoms with Gasteiger partial charge < -0.3 is 5.11 Å². The van der Waals surface area contributed by atoms with Gasteiger partial charge in [0.05, 0.1) is 23.4 Å². The van der Waals surface area contributed by atoms with Gasteiger partial charge in [-0.2, -0.15) is 12.7 Å². The molecule has 0 fully saturated rings. The predicted octanol–water partition coefficient (Wildman–Crippen LogP) is 2.18. The summed E-state index contributed by atoms with van der Waals surface area (Å²) in [4.78, 5) is 3.95. The minimum absolute atomic E-state index is 0.0349. The summed E-state index contributed by atoms with van der Waals surface area (Å²) < 4.78 is 54.4. The van der Waals surface area contributed by atoms with Crippen LogP contribution in [0.2, 0.25) is 10.2 Å². The lowest BCUT2D eigenvalue weighted by Crippen LogP contribution is -2.45. The minimum Gasteiger partial charge on any atom is -0.380 e. The van der Waals surface area contributed by atoms with E-state index in [-0.39, 0.29) is 15.7 Å². The second-order valence-electron chi connectivity index (χ2n) is 6.52. The van der Waals surface area contributed by atoms with Gasteiger partial charge in [-0.3, -0.25) is 4.18 Å². The molecule has 0 aliphatic rings. The van der Waals surface area contributed by atoms with Crippen molar-refractivity contribution in [1.82, 2.24) is 9.29 Å². The number of aromatic nitrogens is 1. The third kappa shape index (κ3) is 6.11. The van der Waals surface area contributed by atoms with Crippen LogP contribution < -0.4 is 0 Å². The molecule has 2 aromatic rings. The van der Waals surface area contributed by atoms with Crippen molar-refractivity contribution in [2.45, 2.75) is 17.4 Å². The third-order valence-corrected chi connectivity index (χ3v) is 7.01. The van der Waals surface area contributed by atoms with Gasteiger partial charge in [0.25, 0.3) is 10.1 Å². The van der Waals surface area contributed by atoms with Gasteiger partial charge in [0.1, 0.15) is 17.4 Å². The quantitative estimate of drug-likeness (QED) is 0.452. The van der Waals surface area contributed by atoms with Crippen LogP contribution in [-0.4, -0.2) is 57.7 Å². The number of sulfonamides is 1. The molecular formula is C17H20Cl2N2O6S2. The topological polar surface area (TPSA) is 114 Å². The molecule has 0 bridgehead atoms. The lowest BCUT2D eigenvalue weighted by atomic mass is 10.0. The number of nitrogens with zero attached hydrogens (tertiary/aromatic N) is 2. The average molecular weight is 483 g/mol.